The van der Waals surface area contributed by atoms with Crippen LogP contribution in [0.4, 0.5) is 5.69 Å². The SMILES string of the molecule is CC(=O)N1c2ccccc2C[C@H]1C(=O)N1CCC2(CC1)OCCO2. The number of benzene rings is 1. The molecule has 0 saturated carbocycles. The van der Waals surface area contributed by atoms with Gasteiger partial charge in [-0.1, -0.05) is 18.2 Å². The quantitative estimate of drug-likeness (QED) is 0.779. The Morgan fingerprint density at radius 1 is 1.12 bits per heavy atom. The Kier molecular flexibility index (Phi) is 3.81. The van der Waals surface area contributed by atoms with Gasteiger partial charge in [0, 0.05) is 45.0 Å². The van der Waals surface area contributed by atoms with Crippen molar-refractivity contribution >= 4 is 17.5 Å². The van der Waals surface area contributed by atoms with Crippen molar-refractivity contribution in [3.63, 3.8) is 0 Å². The number of amides is 2. The number of para-hydroxylation sites is 1. The summed E-state index contributed by atoms with van der Waals surface area (Å²) in [5.41, 5.74) is 1.92. The predicted molar refractivity (Wildman–Crippen MR) is 87.5 cm³/mol. The van der Waals surface area contributed by atoms with Crippen LogP contribution in [0.5, 0.6) is 0 Å². The lowest BCUT2D eigenvalue weighted by molar-refractivity contribution is -0.187. The number of likely N-dealkylation sites (tertiary alicyclic amines) is 1. The predicted octanol–water partition coefficient (Wildman–Crippen LogP) is 1.33. The zero-order valence-corrected chi connectivity index (χ0v) is 13.9. The molecule has 0 aliphatic carbocycles. The first-order chi connectivity index (χ1) is 11.6. The molecule has 1 atom stereocenters. The van der Waals surface area contributed by atoms with Crippen LogP contribution in [-0.4, -0.2) is 54.8 Å². The van der Waals surface area contributed by atoms with Crippen molar-refractivity contribution in [2.24, 2.45) is 0 Å². The molecule has 0 N–H and O–H groups in total. The number of rotatable bonds is 1. The van der Waals surface area contributed by atoms with Crippen molar-refractivity contribution in [3.05, 3.63) is 29.8 Å². The summed E-state index contributed by atoms with van der Waals surface area (Å²) >= 11 is 0. The van der Waals surface area contributed by atoms with E-state index in [1.54, 1.807) is 4.90 Å². The summed E-state index contributed by atoms with van der Waals surface area (Å²) in [5, 5.41) is 0. The number of fused-ring (bicyclic) bond motifs is 1. The van der Waals surface area contributed by atoms with E-state index in [-0.39, 0.29) is 11.8 Å². The normalized spacial score (nSPS) is 25.1. The molecule has 0 radical (unpaired) electrons. The van der Waals surface area contributed by atoms with Gasteiger partial charge in [0.05, 0.1) is 13.2 Å². The Bertz CT molecular complexity index is 659. The maximum absolute atomic E-state index is 13.0. The molecule has 4 rings (SSSR count). The second kappa shape index (κ2) is 5.86. The van der Waals surface area contributed by atoms with Crippen molar-refractivity contribution in [3.8, 4) is 0 Å². The van der Waals surface area contributed by atoms with Gasteiger partial charge < -0.3 is 14.4 Å². The van der Waals surface area contributed by atoms with E-state index in [4.69, 9.17) is 9.47 Å². The molecule has 0 aromatic heterocycles. The molecule has 6 heteroatoms. The van der Waals surface area contributed by atoms with E-state index in [1.807, 2.05) is 29.2 Å². The molecule has 3 heterocycles. The van der Waals surface area contributed by atoms with Gasteiger partial charge >= 0.3 is 0 Å². The van der Waals surface area contributed by atoms with Crippen molar-refractivity contribution < 1.29 is 19.1 Å². The van der Waals surface area contributed by atoms with Crippen LogP contribution in [-0.2, 0) is 25.5 Å². The Balaban J connectivity index is 1.50. The highest BCUT2D eigenvalue weighted by Crippen LogP contribution is 2.35. The molecule has 1 spiro atoms. The number of piperidine rings is 1. The molecule has 24 heavy (non-hydrogen) atoms. The maximum Gasteiger partial charge on any atom is 0.246 e. The Morgan fingerprint density at radius 3 is 2.46 bits per heavy atom. The molecule has 0 bridgehead atoms. The maximum atomic E-state index is 13.0. The molecule has 1 aromatic rings. The first-order valence-electron chi connectivity index (χ1n) is 8.54. The molecular weight excluding hydrogens is 308 g/mol. The largest absolute Gasteiger partial charge is 0.347 e. The fraction of sp³-hybridized carbons (Fsp3) is 0.556. The monoisotopic (exact) mass is 330 g/mol. The summed E-state index contributed by atoms with van der Waals surface area (Å²) in [6, 6.07) is 7.32. The molecule has 3 aliphatic heterocycles. The standard InChI is InChI=1S/C18H22N2O4/c1-13(21)20-15-5-3-2-4-14(15)12-16(20)17(22)19-8-6-18(7-9-19)23-10-11-24-18/h2-5,16H,6-12H2,1H3/t16-/m0/s1. The van der Waals surface area contributed by atoms with Crippen LogP contribution >= 0.6 is 0 Å². The number of carbonyl (C=O) groups excluding carboxylic acids is 2. The van der Waals surface area contributed by atoms with E-state index in [0.717, 1.165) is 11.3 Å². The molecule has 2 saturated heterocycles. The van der Waals surface area contributed by atoms with E-state index in [1.165, 1.54) is 6.92 Å². The van der Waals surface area contributed by atoms with E-state index in [9.17, 15) is 9.59 Å². The Labute approximate surface area is 141 Å². The number of hydrogen-bond acceptors (Lipinski definition) is 4. The number of carbonyl (C=O) groups is 2. The molecule has 128 valence electrons. The molecular formula is C18H22N2O4. The second-order valence-electron chi connectivity index (χ2n) is 6.67. The minimum atomic E-state index is -0.490. The van der Waals surface area contributed by atoms with Crippen molar-refractivity contribution in [1.82, 2.24) is 4.90 Å². The third kappa shape index (κ3) is 2.50. The fourth-order valence-electron chi connectivity index (χ4n) is 4.04. The third-order valence-electron chi connectivity index (χ3n) is 5.25. The summed E-state index contributed by atoms with van der Waals surface area (Å²) in [5.74, 6) is -0.557. The van der Waals surface area contributed by atoms with Gasteiger partial charge in [-0.25, -0.2) is 0 Å². The molecule has 2 fully saturated rings. The molecule has 0 unspecified atom stereocenters. The summed E-state index contributed by atoms with van der Waals surface area (Å²) in [4.78, 5) is 28.7. The van der Waals surface area contributed by atoms with E-state index in [2.05, 4.69) is 0 Å². The van der Waals surface area contributed by atoms with E-state index in [0.29, 0.717) is 45.6 Å². The van der Waals surface area contributed by atoms with Gasteiger partial charge in [-0.3, -0.25) is 14.5 Å². The van der Waals surface area contributed by atoms with Crippen LogP contribution in [0.2, 0.25) is 0 Å². The number of nitrogens with zero attached hydrogens (tertiary/aromatic N) is 2. The van der Waals surface area contributed by atoms with Gasteiger partial charge in [-0.05, 0) is 11.6 Å². The second-order valence-corrected chi connectivity index (χ2v) is 6.67. The molecule has 6 nitrogen and oxygen atoms in total. The van der Waals surface area contributed by atoms with E-state index >= 15 is 0 Å². The Morgan fingerprint density at radius 2 is 1.79 bits per heavy atom. The zero-order chi connectivity index (χ0) is 16.7. The highest BCUT2D eigenvalue weighted by Gasteiger charge is 2.44. The minimum absolute atomic E-state index is 0.0225. The fourth-order valence-corrected chi connectivity index (χ4v) is 4.04. The van der Waals surface area contributed by atoms with Crippen molar-refractivity contribution in [2.45, 2.75) is 38.0 Å². The van der Waals surface area contributed by atoms with Crippen LogP contribution in [0, 0.1) is 0 Å². The average Bonchev–Trinajstić information content (AvgIpc) is 3.19. The Hall–Kier alpha value is -1.92. The van der Waals surface area contributed by atoms with Crippen molar-refractivity contribution in [2.75, 3.05) is 31.2 Å². The van der Waals surface area contributed by atoms with Crippen LogP contribution in [0.25, 0.3) is 0 Å². The number of hydrogen-bond donors (Lipinski definition) is 0. The molecule has 1 aromatic carbocycles. The van der Waals surface area contributed by atoms with Crippen LogP contribution in [0.3, 0.4) is 0 Å². The van der Waals surface area contributed by atoms with E-state index < -0.39 is 11.8 Å². The summed E-state index contributed by atoms with van der Waals surface area (Å²) in [6.45, 7) is 4.00. The zero-order valence-electron chi connectivity index (χ0n) is 13.9. The molecule has 2 amide bonds. The van der Waals surface area contributed by atoms with Gasteiger partial charge in [-0.2, -0.15) is 0 Å². The topological polar surface area (TPSA) is 59.1 Å². The smallest absolute Gasteiger partial charge is 0.246 e. The lowest BCUT2D eigenvalue weighted by atomic mass is 10.0. The number of anilines is 1. The third-order valence-corrected chi connectivity index (χ3v) is 5.25. The van der Waals surface area contributed by atoms with Crippen LogP contribution in [0.1, 0.15) is 25.3 Å². The highest BCUT2D eigenvalue weighted by atomic mass is 16.7. The average molecular weight is 330 g/mol. The highest BCUT2D eigenvalue weighted by molar-refractivity contribution is 6.02. The van der Waals surface area contributed by atoms with Crippen LogP contribution < -0.4 is 4.90 Å². The van der Waals surface area contributed by atoms with Gasteiger partial charge in [-0.15, -0.1) is 0 Å². The lowest BCUT2D eigenvalue weighted by Crippen LogP contribution is -2.54. The van der Waals surface area contributed by atoms with Crippen molar-refractivity contribution in [1.29, 1.82) is 0 Å². The summed E-state index contributed by atoms with van der Waals surface area (Å²) in [7, 11) is 0. The lowest BCUT2D eigenvalue weighted by Gasteiger charge is -2.39. The van der Waals surface area contributed by atoms with Gasteiger partial charge in [0.25, 0.3) is 0 Å². The summed E-state index contributed by atoms with van der Waals surface area (Å²) < 4.78 is 11.4. The first kappa shape index (κ1) is 15.6. The van der Waals surface area contributed by atoms with Gasteiger partial charge in [0.2, 0.25) is 11.8 Å². The van der Waals surface area contributed by atoms with Gasteiger partial charge in [0.1, 0.15) is 6.04 Å². The molecule has 3 aliphatic rings. The minimum Gasteiger partial charge on any atom is -0.347 e. The first-order valence-corrected chi connectivity index (χ1v) is 8.54. The summed E-state index contributed by atoms with van der Waals surface area (Å²) in [6.07, 6.45) is 1.97. The van der Waals surface area contributed by atoms with Gasteiger partial charge in [0.15, 0.2) is 5.79 Å². The number of ether oxygens (including phenoxy) is 2. The van der Waals surface area contributed by atoms with Crippen LogP contribution in [0.15, 0.2) is 24.3 Å².